The quantitative estimate of drug-likeness (QED) is 0.620. The fourth-order valence-corrected chi connectivity index (χ4v) is 1.83. The van der Waals surface area contributed by atoms with Crippen LogP contribution in [0.4, 0.5) is 0 Å². The zero-order valence-corrected chi connectivity index (χ0v) is 10.8. The minimum atomic E-state index is -0.368. The van der Waals surface area contributed by atoms with Gasteiger partial charge in [0.15, 0.2) is 6.29 Å². The van der Waals surface area contributed by atoms with E-state index in [0.29, 0.717) is 17.8 Å². The number of aromatic nitrogens is 2. The van der Waals surface area contributed by atoms with Gasteiger partial charge in [-0.15, -0.1) is 0 Å². The number of aldehydes is 1. The Morgan fingerprint density at radius 3 is 2.89 bits per heavy atom. The molecule has 0 N–H and O–H groups in total. The van der Waals surface area contributed by atoms with Gasteiger partial charge >= 0.3 is 5.97 Å². The Bertz CT molecular complexity index is 617. The van der Waals surface area contributed by atoms with Crippen molar-refractivity contribution >= 4 is 12.3 Å². The van der Waals surface area contributed by atoms with Crippen LogP contribution in [0.3, 0.4) is 0 Å². The molecule has 5 nitrogen and oxygen atoms in total. The van der Waals surface area contributed by atoms with Crippen LogP contribution in [0.1, 0.15) is 32.0 Å². The number of benzene rings is 1. The van der Waals surface area contributed by atoms with Gasteiger partial charge in [0.25, 0.3) is 0 Å². The highest BCUT2D eigenvalue weighted by atomic mass is 16.5. The molecule has 0 aliphatic rings. The minimum Gasteiger partial charge on any atom is -0.465 e. The van der Waals surface area contributed by atoms with Gasteiger partial charge < -0.3 is 4.74 Å². The number of nitrogens with zero attached hydrogens (tertiary/aromatic N) is 2. The topological polar surface area (TPSA) is 61.2 Å². The summed E-state index contributed by atoms with van der Waals surface area (Å²) in [6.07, 6.45) is 2.53. The number of carbonyl (C=O) groups is 2. The Hall–Kier alpha value is -2.43. The minimum absolute atomic E-state index is 0.368. The van der Waals surface area contributed by atoms with Crippen LogP contribution in [0.2, 0.25) is 0 Å². The Balaban J connectivity index is 2.23. The number of carbonyl (C=O) groups excluding carboxylic acids is 2. The van der Waals surface area contributed by atoms with E-state index >= 15 is 0 Å². The zero-order chi connectivity index (χ0) is 13.8. The molecule has 2 rings (SSSR count). The molecular formula is C14H14N2O3. The van der Waals surface area contributed by atoms with Gasteiger partial charge in [-0.1, -0.05) is 12.1 Å². The molecule has 0 spiro atoms. The van der Waals surface area contributed by atoms with Gasteiger partial charge in [-0.05, 0) is 30.2 Å². The van der Waals surface area contributed by atoms with Crippen LogP contribution in [0, 0.1) is 6.92 Å². The number of rotatable bonds is 4. The average Bonchev–Trinajstić information content (AvgIpc) is 2.78. The van der Waals surface area contributed by atoms with Crippen molar-refractivity contribution in [3.05, 3.63) is 52.8 Å². The van der Waals surface area contributed by atoms with E-state index in [2.05, 4.69) is 9.84 Å². The van der Waals surface area contributed by atoms with E-state index in [-0.39, 0.29) is 5.97 Å². The number of ether oxygens (including phenoxy) is 1. The molecule has 1 heterocycles. The summed E-state index contributed by atoms with van der Waals surface area (Å²) in [6.45, 7) is 2.33. The molecule has 0 aliphatic carbocycles. The van der Waals surface area contributed by atoms with Gasteiger partial charge in [0, 0.05) is 6.20 Å². The summed E-state index contributed by atoms with van der Waals surface area (Å²) in [4.78, 5) is 22.2. The summed E-state index contributed by atoms with van der Waals surface area (Å²) < 4.78 is 6.35. The largest absolute Gasteiger partial charge is 0.465 e. The maximum Gasteiger partial charge on any atom is 0.337 e. The zero-order valence-electron chi connectivity index (χ0n) is 10.8. The Morgan fingerprint density at radius 2 is 2.26 bits per heavy atom. The lowest BCUT2D eigenvalue weighted by atomic mass is 10.1. The Morgan fingerprint density at radius 1 is 1.47 bits per heavy atom. The predicted molar refractivity (Wildman–Crippen MR) is 69.2 cm³/mol. The van der Waals surface area contributed by atoms with E-state index in [1.807, 2.05) is 13.0 Å². The van der Waals surface area contributed by atoms with Crippen LogP contribution >= 0.6 is 0 Å². The second kappa shape index (κ2) is 5.48. The number of hydrogen-bond acceptors (Lipinski definition) is 4. The Labute approximate surface area is 110 Å². The molecule has 0 bridgehead atoms. The van der Waals surface area contributed by atoms with E-state index in [1.165, 1.54) is 7.11 Å². The van der Waals surface area contributed by atoms with E-state index in [4.69, 9.17) is 0 Å². The van der Waals surface area contributed by atoms with Crippen LogP contribution in [0.5, 0.6) is 0 Å². The van der Waals surface area contributed by atoms with E-state index < -0.39 is 0 Å². The summed E-state index contributed by atoms with van der Waals surface area (Å²) in [5, 5.41) is 4.15. The van der Waals surface area contributed by atoms with Crippen molar-refractivity contribution in [2.45, 2.75) is 13.5 Å². The molecule has 5 heteroatoms. The smallest absolute Gasteiger partial charge is 0.337 e. The van der Waals surface area contributed by atoms with Crippen molar-refractivity contribution in [1.82, 2.24) is 9.78 Å². The number of aryl methyl sites for hydroxylation is 1. The predicted octanol–water partition coefficient (Wildman–Crippen LogP) is 1.84. The van der Waals surface area contributed by atoms with Gasteiger partial charge in [-0.3, -0.25) is 9.48 Å². The van der Waals surface area contributed by atoms with Crippen molar-refractivity contribution < 1.29 is 14.3 Å². The van der Waals surface area contributed by atoms with Gasteiger partial charge in [-0.2, -0.15) is 5.10 Å². The molecule has 98 valence electrons. The standard InChI is InChI=1S/C14H14N2O3/c1-10-7-16(15-13(10)9-17)8-11-4-3-5-12(6-11)14(18)19-2/h3-7,9H,8H2,1-2H3. The second-order valence-electron chi connectivity index (χ2n) is 4.20. The van der Waals surface area contributed by atoms with Crippen molar-refractivity contribution in [3.8, 4) is 0 Å². The van der Waals surface area contributed by atoms with Gasteiger partial charge in [0.05, 0.1) is 19.2 Å². The molecule has 0 unspecified atom stereocenters. The van der Waals surface area contributed by atoms with Crippen molar-refractivity contribution in [3.63, 3.8) is 0 Å². The third-order valence-electron chi connectivity index (χ3n) is 2.79. The lowest BCUT2D eigenvalue weighted by Gasteiger charge is -2.04. The first-order valence-electron chi connectivity index (χ1n) is 5.80. The number of hydrogen-bond donors (Lipinski definition) is 0. The number of esters is 1. The van der Waals surface area contributed by atoms with Crippen molar-refractivity contribution in [2.24, 2.45) is 0 Å². The third kappa shape index (κ3) is 2.88. The number of methoxy groups -OCH3 is 1. The van der Waals surface area contributed by atoms with Crippen LogP contribution < -0.4 is 0 Å². The van der Waals surface area contributed by atoms with Crippen LogP contribution in [0.25, 0.3) is 0 Å². The maximum absolute atomic E-state index is 11.4. The van der Waals surface area contributed by atoms with Crippen molar-refractivity contribution in [1.29, 1.82) is 0 Å². The molecule has 0 radical (unpaired) electrons. The summed E-state index contributed by atoms with van der Waals surface area (Å²) in [5.74, 6) is -0.368. The molecule has 1 aromatic heterocycles. The molecule has 1 aromatic carbocycles. The normalized spacial score (nSPS) is 10.2. The van der Waals surface area contributed by atoms with Crippen LogP contribution in [-0.4, -0.2) is 29.1 Å². The summed E-state index contributed by atoms with van der Waals surface area (Å²) in [5.41, 5.74) is 2.69. The van der Waals surface area contributed by atoms with Crippen LogP contribution in [0.15, 0.2) is 30.5 Å². The molecule has 0 fully saturated rings. The fraction of sp³-hybridized carbons (Fsp3) is 0.214. The van der Waals surface area contributed by atoms with Gasteiger partial charge in [0.1, 0.15) is 5.69 Å². The fourth-order valence-electron chi connectivity index (χ4n) is 1.83. The maximum atomic E-state index is 11.4. The lowest BCUT2D eigenvalue weighted by molar-refractivity contribution is 0.0600. The Kier molecular flexibility index (Phi) is 3.75. The highest BCUT2D eigenvalue weighted by Gasteiger charge is 2.07. The summed E-state index contributed by atoms with van der Waals surface area (Å²) >= 11 is 0. The van der Waals surface area contributed by atoms with Gasteiger partial charge in [0.2, 0.25) is 0 Å². The van der Waals surface area contributed by atoms with E-state index in [1.54, 1.807) is 29.1 Å². The first-order valence-corrected chi connectivity index (χ1v) is 5.80. The molecule has 2 aromatic rings. The molecule has 0 saturated heterocycles. The summed E-state index contributed by atoms with van der Waals surface area (Å²) in [6, 6.07) is 7.13. The lowest BCUT2D eigenvalue weighted by Crippen LogP contribution is -2.05. The van der Waals surface area contributed by atoms with E-state index in [9.17, 15) is 9.59 Å². The monoisotopic (exact) mass is 258 g/mol. The molecule has 0 atom stereocenters. The average molecular weight is 258 g/mol. The molecule has 19 heavy (non-hydrogen) atoms. The summed E-state index contributed by atoms with van der Waals surface area (Å²) in [7, 11) is 1.35. The van der Waals surface area contributed by atoms with Crippen molar-refractivity contribution in [2.75, 3.05) is 7.11 Å². The molecule has 0 amide bonds. The highest BCUT2D eigenvalue weighted by Crippen LogP contribution is 2.10. The first kappa shape index (κ1) is 13.0. The molecule has 0 saturated carbocycles. The molecular weight excluding hydrogens is 244 g/mol. The first-order chi connectivity index (χ1) is 9.13. The molecule has 0 aliphatic heterocycles. The SMILES string of the molecule is COC(=O)c1cccc(Cn2cc(C)c(C=O)n2)c1. The second-order valence-corrected chi connectivity index (χ2v) is 4.20. The van der Waals surface area contributed by atoms with Gasteiger partial charge in [-0.25, -0.2) is 4.79 Å². The highest BCUT2D eigenvalue weighted by molar-refractivity contribution is 5.89. The third-order valence-corrected chi connectivity index (χ3v) is 2.79. The van der Waals surface area contributed by atoms with E-state index in [0.717, 1.165) is 17.4 Å². The van der Waals surface area contributed by atoms with Crippen LogP contribution in [-0.2, 0) is 11.3 Å².